The molecule has 28 heavy (non-hydrogen) atoms. The Bertz CT molecular complexity index is 810. The molecule has 0 saturated heterocycles. The third-order valence-corrected chi connectivity index (χ3v) is 5.42. The second kappa shape index (κ2) is 10.6. The van der Waals surface area contributed by atoms with Gasteiger partial charge in [-0.25, -0.2) is 0 Å². The van der Waals surface area contributed by atoms with Crippen LogP contribution in [0.4, 0.5) is 0 Å². The smallest absolute Gasteiger partial charge is 0.242 e. The standard InChI is InChI=1S/C22H26BrClN2O2/c1-4-15(2)25-22(28)16(3)26(14-18-6-5-7-19(23)12-18)21(27)13-17-8-10-20(24)11-9-17/h5-12,15-16H,4,13-14H2,1-3H3,(H,25,28)/t15-,16-/m0/s1. The van der Waals surface area contributed by atoms with Crippen molar-refractivity contribution in [2.24, 2.45) is 0 Å². The van der Waals surface area contributed by atoms with Gasteiger partial charge in [0.05, 0.1) is 6.42 Å². The molecule has 0 aliphatic rings. The first kappa shape index (κ1) is 22.4. The number of halogens is 2. The number of hydrogen-bond donors (Lipinski definition) is 1. The molecule has 6 heteroatoms. The molecule has 0 bridgehead atoms. The van der Waals surface area contributed by atoms with Crippen molar-refractivity contribution in [2.75, 3.05) is 0 Å². The Kier molecular flexibility index (Phi) is 8.52. The third-order valence-electron chi connectivity index (χ3n) is 4.68. The Morgan fingerprint density at radius 3 is 2.39 bits per heavy atom. The molecule has 4 nitrogen and oxygen atoms in total. The van der Waals surface area contributed by atoms with Crippen molar-refractivity contribution in [3.63, 3.8) is 0 Å². The Morgan fingerprint density at radius 1 is 1.11 bits per heavy atom. The van der Waals surface area contributed by atoms with Crippen LogP contribution in [0, 0.1) is 0 Å². The average molecular weight is 466 g/mol. The fourth-order valence-electron chi connectivity index (χ4n) is 2.76. The molecule has 2 aromatic carbocycles. The number of nitrogens with zero attached hydrogens (tertiary/aromatic N) is 1. The molecule has 2 rings (SSSR count). The Labute approximate surface area is 180 Å². The first-order valence-electron chi connectivity index (χ1n) is 9.39. The minimum absolute atomic E-state index is 0.0639. The predicted molar refractivity (Wildman–Crippen MR) is 117 cm³/mol. The van der Waals surface area contributed by atoms with Gasteiger partial charge in [-0.05, 0) is 55.7 Å². The number of benzene rings is 2. The lowest BCUT2D eigenvalue weighted by molar-refractivity contribution is -0.140. The van der Waals surface area contributed by atoms with Gasteiger partial charge in [0.1, 0.15) is 6.04 Å². The van der Waals surface area contributed by atoms with E-state index in [2.05, 4.69) is 21.2 Å². The Morgan fingerprint density at radius 2 is 1.79 bits per heavy atom. The maximum absolute atomic E-state index is 13.1. The van der Waals surface area contributed by atoms with E-state index < -0.39 is 6.04 Å². The van der Waals surface area contributed by atoms with Crippen LogP contribution in [0.3, 0.4) is 0 Å². The van der Waals surface area contributed by atoms with Crippen LogP contribution in [0.1, 0.15) is 38.3 Å². The average Bonchev–Trinajstić information content (AvgIpc) is 2.67. The number of carbonyl (C=O) groups excluding carboxylic acids is 2. The summed E-state index contributed by atoms with van der Waals surface area (Å²) in [6.45, 7) is 6.11. The predicted octanol–water partition coefficient (Wildman–Crippen LogP) is 4.98. The Hall–Kier alpha value is -1.85. The normalized spacial score (nSPS) is 12.9. The van der Waals surface area contributed by atoms with E-state index in [-0.39, 0.29) is 24.3 Å². The van der Waals surface area contributed by atoms with E-state index in [0.717, 1.165) is 22.0 Å². The van der Waals surface area contributed by atoms with E-state index in [1.54, 1.807) is 24.0 Å². The highest BCUT2D eigenvalue weighted by Gasteiger charge is 2.26. The molecule has 0 radical (unpaired) electrons. The third kappa shape index (κ3) is 6.64. The number of hydrogen-bond acceptors (Lipinski definition) is 2. The monoisotopic (exact) mass is 464 g/mol. The van der Waals surface area contributed by atoms with Gasteiger partial charge < -0.3 is 10.2 Å². The van der Waals surface area contributed by atoms with E-state index in [1.165, 1.54) is 0 Å². The van der Waals surface area contributed by atoms with Crippen LogP contribution in [-0.2, 0) is 22.6 Å². The summed E-state index contributed by atoms with van der Waals surface area (Å²) in [6.07, 6.45) is 1.05. The topological polar surface area (TPSA) is 49.4 Å². The van der Waals surface area contributed by atoms with Gasteiger partial charge in [-0.3, -0.25) is 9.59 Å². The fourth-order valence-corrected chi connectivity index (χ4v) is 3.33. The quantitative estimate of drug-likeness (QED) is 0.598. The maximum Gasteiger partial charge on any atom is 0.242 e. The van der Waals surface area contributed by atoms with Gasteiger partial charge >= 0.3 is 0 Å². The molecule has 2 amide bonds. The van der Waals surface area contributed by atoms with Crippen molar-refractivity contribution in [1.82, 2.24) is 10.2 Å². The summed E-state index contributed by atoms with van der Waals surface area (Å²) in [5, 5.41) is 3.60. The van der Waals surface area contributed by atoms with Crippen molar-refractivity contribution in [3.8, 4) is 0 Å². The maximum atomic E-state index is 13.1. The summed E-state index contributed by atoms with van der Waals surface area (Å²) >= 11 is 9.40. The lowest BCUT2D eigenvalue weighted by Gasteiger charge is -2.30. The minimum atomic E-state index is -0.576. The number of rotatable bonds is 8. The van der Waals surface area contributed by atoms with Crippen molar-refractivity contribution in [2.45, 2.75) is 52.2 Å². The van der Waals surface area contributed by atoms with Gasteiger partial charge in [0, 0.05) is 22.1 Å². The molecule has 0 unspecified atom stereocenters. The van der Waals surface area contributed by atoms with Crippen LogP contribution >= 0.6 is 27.5 Å². The molecule has 1 N–H and O–H groups in total. The van der Waals surface area contributed by atoms with E-state index in [4.69, 9.17) is 11.6 Å². The highest BCUT2D eigenvalue weighted by atomic mass is 79.9. The van der Waals surface area contributed by atoms with Crippen LogP contribution in [-0.4, -0.2) is 28.8 Å². The molecule has 0 heterocycles. The number of carbonyl (C=O) groups is 2. The van der Waals surface area contributed by atoms with Crippen molar-refractivity contribution >= 4 is 39.3 Å². The molecule has 2 atom stereocenters. The van der Waals surface area contributed by atoms with Crippen molar-refractivity contribution in [1.29, 1.82) is 0 Å². The van der Waals surface area contributed by atoms with Crippen LogP contribution in [0.2, 0.25) is 5.02 Å². The highest BCUT2D eigenvalue weighted by molar-refractivity contribution is 9.10. The molecule has 150 valence electrons. The zero-order valence-corrected chi connectivity index (χ0v) is 18.8. The van der Waals surface area contributed by atoms with Gasteiger partial charge in [-0.15, -0.1) is 0 Å². The minimum Gasteiger partial charge on any atom is -0.352 e. The number of nitrogens with one attached hydrogen (secondary N) is 1. The fraction of sp³-hybridized carbons (Fsp3) is 0.364. The molecule has 0 aliphatic carbocycles. The van der Waals surface area contributed by atoms with Gasteiger partial charge in [-0.2, -0.15) is 0 Å². The van der Waals surface area contributed by atoms with Crippen molar-refractivity contribution < 1.29 is 9.59 Å². The molecule has 0 fully saturated rings. The van der Waals surface area contributed by atoms with E-state index in [0.29, 0.717) is 11.6 Å². The molecule has 0 spiro atoms. The van der Waals surface area contributed by atoms with Gasteiger partial charge in [0.25, 0.3) is 0 Å². The van der Waals surface area contributed by atoms with Gasteiger partial charge in [0.2, 0.25) is 11.8 Å². The molecule has 0 aliphatic heterocycles. The SMILES string of the molecule is CC[C@H](C)NC(=O)[C@H](C)N(Cc1cccc(Br)c1)C(=O)Cc1ccc(Cl)cc1. The first-order valence-corrected chi connectivity index (χ1v) is 10.6. The molecule has 2 aromatic rings. The van der Waals surface area contributed by atoms with E-state index in [1.807, 2.05) is 50.2 Å². The van der Waals surface area contributed by atoms with Crippen molar-refractivity contribution in [3.05, 3.63) is 69.2 Å². The van der Waals surface area contributed by atoms with Crippen LogP contribution in [0.25, 0.3) is 0 Å². The summed E-state index contributed by atoms with van der Waals surface area (Å²) in [6, 6.07) is 14.5. The summed E-state index contributed by atoms with van der Waals surface area (Å²) in [4.78, 5) is 27.4. The molecular weight excluding hydrogens is 440 g/mol. The summed E-state index contributed by atoms with van der Waals surface area (Å²) in [7, 11) is 0. The first-order chi connectivity index (χ1) is 13.3. The highest BCUT2D eigenvalue weighted by Crippen LogP contribution is 2.17. The van der Waals surface area contributed by atoms with E-state index in [9.17, 15) is 9.59 Å². The summed E-state index contributed by atoms with van der Waals surface area (Å²) in [5.74, 6) is -0.247. The lowest BCUT2D eigenvalue weighted by atomic mass is 10.1. The largest absolute Gasteiger partial charge is 0.352 e. The summed E-state index contributed by atoms with van der Waals surface area (Å²) in [5.41, 5.74) is 1.82. The molecule has 0 saturated carbocycles. The van der Waals surface area contributed by atoms with Gasteiger partial charge in [0.15, 0.2) is 0 Å². The van der Waals surface area contributed by atoms with Crippen LogP contribution < -0.4 is 5.32 Å². The molecular formula is C22H26BrClN2O2. The zero-order chi connectivity index (χ0) is 20.7. The Balaban J connectivity index is 2.22. The molecule has 0 aromatic heterocycles. The summed E-state index contributed by atoms with van der Waals surface area (Å²) < 4.78 is 0.937. The second-order valence-electron chi connectivity index (χ2n) is 6.95. The van der Waals surface area contributed by atoms with Crippen LogP contribution in [0.15, 0.2) is 53.0 Å². The van der Waals surface area contributed by atoms with E-state index >= 15 is 0 Å². The van der Waals surface area contributed by atoms with Crippen LogP contribution in [0.5, 0.6) is 0 Å². The lowest BCUT2D eigenvalue weighted by Crippen LogP contribution is -2.49. The number of amides is 2. The second-order valence-corrected chi connectivity index (χ2v) is 8.30. The zero-order valence-electron chi connectivity index (χ0n) is 16.4. The van der Waals surface area contributed by atoms with Gasteiger partial charge in [-0.1, -0.05) is 58.7 Å².